The van der Waals surface area contributed by atoms with E-state index in [2.05, 4.69) is 22.0 Å². The Kier molecular flexibility index (Phi) is 5.51. The summed E-state index contributed by atoms with van der Waals surface area (Å²) in [6.45, 7) is 4.91. The molecule has 8 heteroatoms. The number of aliphatic hydroxyl groups excluding tert-OH is 1. The Hall–Kier alpha value is -2.71. The van der Waals surface area contributed by atoms with Crippen molar-refractivity contribution in [1.82, 2.24) is 24.6 Å². The number of hydrogen-bond acceptors (Lipinski definition) is 4. The Labute approximate surface area is 186 Å². The van der Waals surface area contributed by atoms with Crippen molar-refractivity contribution in [3.8, 4) is 0 Å². The molecule has 2 N–H and O–H groups in total. The number of aromatic nitrogens is 3. The highest BCUT2D eigenvalue weighted by Crippen LogP contribution is 2.36. The fourth-order valence-corrected chi connectivity index (χ4v) is 5.46. The smallest absolute Gasteiger partial charge is 0.255 e. The summed E-state index contributed by atoms with van der Waals surface area (Å²) in [4.78, 5) is 17.3. The molecule has 0 spiro atoms. The van der Waals surface area contributed by atoms with Crippen molar-refractivity contribution in [3.63, 3.8) is 0 Å². The lowest BCUT2D eigenvalue weighted by atomic mass is 9.90. The van der Waals surface area contributed by atoms with Crippen molar-refractivity contribution in [1.29, 1.82) is 0 Å². The Morgan fingerprint density at radius 1 is 1.25 bits per heavy atom. The number of nitrogens with one attached hydrogen (secondary N) is 1. The summed E-state index contributed by atoms with van der Waals surface area (Å²) < 4.78 is 15.4. The quantitative estimate of drug-likeness (QED) is 0.655. The summed E-state index contributed by atoms with van der Waals surface area (Å²) in [6.07, 6.45) is 3.83. The first-order chi connectivity index (χ1) is 15.5. The second-order valence-electron chi connectivity index (χ2n) is 9.10. The van der Waals surface area contributed by atoms with Crippen LogP contribution >= 0.6 is 0 Å². The number of rotatable bonds is 4. The van der Waals surface area contributed by atoms with Crippen molar-refractivity contribution in [2.24, 2.45) is 7.05 Å². The Morgan fingerprint density at radius 2 is 2.03 bits per heavy atom. The second-order valence-corrected chi connectivity index (χ2v) is 9.10. The van der Waals surface area contributed by atoms with Crippen molar-refractivity contribution in [2.75, 3.05) is 26.2 Å². The van der Waals surface area contributed by atoms with Crippen LogP contribution in [0.4, 0.5) is 4.39 Å². The number of nitrogens with zero attached hydrogens (tertiary/aromatic N) is 4. The maximum Gasteiger partial charge on any atom is 0.255 e. The number of aromatic amines is 1. The molecule has 5 rings (SSSR count). The van der Waals surface area contributed by atoms with Gasteiger partial charge in [0.05, 0.1) is 28.5 Å². The highest BCUT2D eigenvalue weighted by Gasteiger charge is 2.39. The highest BCUT2D eigenvalue weighted by atomic mass is 19.1. The minimum absolute atomic E-state index is 0.00844. The Morgan fingerprint density at radius 3 is 2.78 bits per heavy atom. The molecule has 2 atom stereocenters. The van der Waals surface area contributed by atoms with E-state index in [0.29, 0.717) is 24.3 Å². The van der Waals surface area contributed by atoms with E-state index in [1.165, 1.54) is 12.1 Å². The van der Waals surface area contributed by atoms with Crippen LogP contribution in [0.1, 0.15) is 60.0 Å². The third-order valence-corrected chi connectivity index (χ3v) is 7.12. The molecule has 3 aromatic rings. The number of carbonyl (C=O) groups is 1. The van der Waals surface area contributed by atoms with Gasteiger partial charge in [-0.2, -0.15) is 5.10 Å². The zero-order valence-electron chi connectivity index (χ0n) is 18.6. The number of piperidine rings is 1. The van der Waals surface area contributed by atoms with Crippen LogP contribution in [0.5, 0.6) is 0 Å². The molecule has 1 saturated heterocycles. The summed E-state index contributed by atoms with van der Waals surface area (Å²) in [5.41, 5.74) is 3.04. The zero-order valence-corrected chi connectivity index (χ0v) is 18.6. The molecule has 0 aliphatic carbocycles. The predicted octanol–water partition coefficient (Wildman–Crippen LogP) is 3.19. The van der Waals surface area contributed by atoms with E-state index in [-0.39, 0.29) is 23.7 Å². The minimum atomic E-state index is -0.721. The molecular formula is C24H30FN5O2. The van der Waals surface area contributed by atoms with Gasteiger partial charge in [-0.1, -0.05) is 6.92 Å². The van der Waals surface area contributed by atoms with Crippen molar-refractivity contribution in [3.05, 3.63) is 53.2 Å². The molecule has 1 aromatic carbocycles. The molecule has 170 valence electrons. The van der Waals surface area contributed by atoms with Crippen LogP contribution in [0.2, 0.25) is 0 Å². The molecule has 2 aliphatic rings. The maximum atomic E-state index is 13.5. The van der Waals surface area contributed by atoms with E-state index in [4.69, 9.17) is 0 Å². The van der Waals surface area contributed by atoms with E-state index >= 15 is 0 Å². The lowest BCUT2D eigenvalue weighted by Crippen LogP contribution is -2.50. The van der Waals surface area contributed by atoms with E-state index in [9.17, 15) is 14.3 Å². The van der Waals surface area contributed by atoms with Crippen LogP contribution in [0.3, 0.4) is 0 Å². The summed E-state index contributed by atoms with van der Waals surface area (Å²) in [5.74, 6) is 0.0255. The van der Waals surface area contributed by atoms with Gasteiger partial charge in [0.15, 0.2) is 0 Å². The molecule has 32 heavy (non-hydrogen) atoms. The van der Waals surface area contributed by atoms with E-state index < -0.39 is 6.10 Å². The second kappa shape index (κ2) is 8.33. The third-order valence-electron chi connectivity index (χ3n) is 7.12. The fourth-order valence-electron chi connectivity index (χ4n) is 5.46. The molecule has 4 heterocycles. The molecule has 0 radical (unpaired) electrons. The molecule has 1 amide bonds. The van der Waals surface area contributed by atoms with Crippen molar-refractivity contribution >= 4 is 16.8 Å². The van der Waals surface area contributed by atoms with Crippen molar-refractivity contribution < 1.29 is 14.3 Å². The zero-order chi connectivity index (χ0) is 22.4. The van der Waals surface area contributed by atoms with E-state index in [1.807, 2.05) is 28.8 Å². The minimum Gasteiger partial charge on any atom is -0.385 e. The van der Waals surface area contributed by atoms with Crippen LogP contribution in [0.15, 0.2) is 30.5 Å². The first kappa shape index (κ1) is 21.2. The van der Waals surface area contributed by atoms with Gasteiger partial charge in [-0.15, -0.1) is 0 Å². The molecule has 0 saturated carbocycles. The molecule has 1 fully saturated rings. The summed E-state index contributed by atoms with van der Waals surface area (Å²) in [5, 5.41) is 19.8. The van der Waals surface area contributed by atoms with Crippen molar-refractivity contribution in [2.45, 2.75) is 44.2 Å². The third kappa shape index (κ3) is 3.51. The van der Waals surface area contributed by atoms with Crippen LogP contribution in [-0.4, -0.2) is 67.8 Å². The number of likely N-dealkylation sites (tertiary alicyclic amines) is 1. The number of benzene rings is 1. The number of carbonyl (C=O) groups excluding carboxylic acids is 1. The van der Waals surface area contributed by atoms with Crippen LogP contribution in [0, 0.1) is 5.82 Å². The average molecular weight is 440 g/mol. The molecule has 2 aromatic heterocycles. The number of aliphatic hydroxyl groups is 1. The molecule has 7 nitrogen and oxygen atoms in total. The predicted molar refractivity (Wildman–Crippen MR) is 120 cm³/mol. The maximum absolute atomic E-state index is 13.5. The van der Waals surface area contributed by atoms with Crippen LogP contribution in [-0.2, 0) is 7.05 Å². The summed E-state index contributed by atoms with van der Waals surface area (Å²) >= 11 is 0. The number of fused-ring (bicyclic) bond motifs is 2. The highest BCUT2D eigenvalue weighted by molar-refractivity contribution is 5.96. The van der Waals surface area contributed by atoms with Gasteiger partial charge in [-0.25, -0.2) is 4.39 Å². The summed E-state index contributed by atoms with van der Waals surface area (Å²) in [6, 6.07) is 6.44. The Bertz CT molecular complexity index is 1130. The van der Waals surface area contributed by atoms with Gasteiger partial charge >= 0.3 is 0 Å². The van der Waals surface area contributed by atoms with E-state index in [0.717, 1.165) is 48.9 Å². The van der Waals surface area contributed by atoms with Gasteiger partial charge in [0.25, 0.3) is 5.91 Å². The van der Waals surface area contributed by atoms with Gasteiger partial charge in [-0.3, -0.25) is 14.8 Å². The normalized spacial score (nSPS) is 23.0. The van der Waals surface area contributed by atoms with Gasteiger partial charge in [0.2, 0.25) is 0 Å². The standard InChI is InChI=1S/C24H30FN5O2/c1-3-9-30-14-20(23(31)22-18(24(30)32)8-10-28(22)2)29-11-6-15(7-12-29)21-17-5-4-16(25)13-19(17)26-27-21/h4-5,8,10,13,15,20,23,31H,3,6-7,9,11-12,14H2,1-2H3,(H,26,27). The lowest BCUT2D eigenvalue weighted by molar-refractivity contribution is 0.0163. The monoisotopic (exact) mass is 439 g/mol. The average Bonchev–Trinajstić information content (AvgIpc) is 3.36. The number of halogens is 1. The van der Waals surface area contributed by atoms with Gasteiger partial charge < -0.3 is 14.6 Å². The largest absolute Gasteiger partial charge is 0.385 e. The SMILES string of the molecule is CCCN1CC(N2CCC(c3n[nH]c4cc(F)ccc34)CC2)C(O)c2c(ccn2C)C1=O. The number of aryl methyl sites for hydroxylation is 1. The van der Waals surface area contributed by atoms with E-state index in [1.54, 1.807) is 6.07 Å². The molecule has 0 bridgehead atoms. The number of hydrogen-bond donors (Lipinski definition) is 2. The number of amides is 1. The lowest BCUT2D eigenvalue weighted by Gasteiger charge is -2.40. The molecular weight excluding hydrogens is 409 g/mol. The topological polar surface area (TPSA) is 77.4 Å². The van der Waals surface area contributed by atoms with Crippen LogP contribution in [0.25, 0.3) is 10.9 Å². The van der Waals surface area contributed by atoms with Crippen LogP contribution < -0.4 is 0 Å². The fraction of sp³-hybridized carbons (Fsp3) is 0.500. The number of H-pyrrole nitrogens is 1. The first-order valence-corrected chi connectivity index (χ1v) is 11.5. The Balaban J connectivity index is 1.37. The van der Waals surface area contributed by atoms with Gasteiger partial charge in [0, 0.05) is 37.6 Å². The molecule has 2 aliphatic heterocycles. The van der Waals surface area contributed by atoms with Gasteiger partial charge in [-0.05, 0) is 56.6 Å². The first-order valence-electron chi connectivity index (χ1n) is 11.5. The molecule has 2 unspecified atom stereocenters. The summed E-state index contributed by atoms with van der Waals surface area (Å²) in [7, 11) is 1.89. The van der Waals surface area contributed by atoms with Gasteiger partial charge in [0.1, 0.15) is 11.9 Å².